The fraction of sp³-hybridized carbons (Fsp3) is 0.400. The Balaban J connectivity index is 2.95. The summed E-state index contributed by atoms with van der Waals surface area (Å²) in [7, 11) is 0. The maximum absolute atomic E-state index is 12.4. The minimum atomic E-state index is -4.27. The summed E-state index contributed by atoms with van der Waals surface area (Å²) in [5, 5.41) is 0. The van der Waals surface area contributed by atoms with Gasteiger partial charge < -0.3 is 0 Å². The van der Waals surface area contributed by atoms with Crippen molar-refractivity contribution in [2.45, 2.75) is 24.4 Å². The molecule has 0 bridgehead atoms. The molecule has 0 aliphatic heterocycles. The molecule has 0 aliphatic rings. The molecule has 0 radical (unpaired) electrons. The van der Waals surface area contributed by atoms with E-state index in [0.717, 1.165) is 18.2 Å². The molecule has 1 aromatic carbocycles. The first kappa shape index (κ1) is 12.9. The zero-order valence-electron chi connectivity index (χ0n) is 8.07. The number of hydrogen-bond acceptors (Lipinski definition) is 1. The zero-order valence-corrected chi connectivity index (χ0v) is 10.5. The second kappa shape index (κ2) is 5.25. The number of halogens is 4. The molecule has 0 saturated carbocycles. The summed E-state index contributed by atoms with van der Waals surface area (Å²) in [4.78, 5) is 0.651. The van der Waals surface area contributed by atoms with Gasteiger partial charge in [-0.25, -0.2) is 0 Å². The molecule has 0 fully saturated rings. The lowest BCUT2D eigenvalue weighted by molar-refractivity contribution is -0.137. The van der Waals surface area contributed by atoms with Gasteiger partial charge >= 0.3 is 6.18 Å². The van der Waals surface area contributed by atoms with E-state index in [9.17, 15) is 13.2 Å². The van der Waals surface area contributed by atoms with E-state index in [0.29, 0.717) is 9.37 Å². The summed E-state index contributed by atoms with van der Waals surface area (Å²) in [6, 6.07) is 3.98. The number of alkyl halides is 3. The molecule has 84 valence electrons. The van der Waals surface area contributed by atoms with Crippen molar-refractivity contribution >= 4 is 27.7 Å². The largest absolute Gasteiger partial charge is 0.416 e. The quantitative estimate of drug-likeness (QED) is 0.710. The van der Waals surface area contributed by atoms with E-state index in [4.69, 9.17) is 0 Å². The van der Waals surface area contributed by atoms with Crippen molar-refractivity contribution in [2.75, 3.05) is 5.75 Å². The fourth-order valence-electron chi connectivity index (χ4n) is 1.03. The predicted molar refractivity (Wildman–Crippen MR) is 60.2 cm³/mol. The Labute approximate surface area is 99.4 Å². The Bertz CT molecular complexity index is 336. The summed E-state index contributed by atoms with van der Waals surface area (Å²) in [6.07, 6.45) is -3.33. The molecule has 15 heavy (non-hydrogen) atoms. The van der Waals surface area contributed by atoms with Crippen molar-refractivity contribution in [1.29, 1.82) is 0 Å². The minimum absolute atomic E-state index is 0.468. The maximum atomic E-state index is 12.4. The van der Waals surface area contributed by atoms with Crippen LogP contribution < -0.4 is 0 Å². The van der Waals surface area contributed by atoms with Crippen LogP contribution in [-0.2, 0) is 6.18 Å². The van der Waals surface area contributed by atoms with Gasteiger partial charge in [-0.15, -0.1) is 11.8 Å². The smallest absolute Gasteiger partial charge is 0.166 e. The molecule has 0 heterocycles. The van der Waals surface area contributed by atoms with Crippen LogP contribution >= 0.6 is 27.7 Å². The van der Waals surface area contributed by atoms with Crippen molar-refractivity contribution in [3.63, 3.8) is 0 Å². The molecule has 1 rings (SSSR count). The van der Waals surface area contributed by atoms with Crippen molar-refractivity contribution in [1.82, 2.24) is 0 Å². The Kier molecular flexibility index (Phi) is 4.52. The van der Waals surface area contributed by atoms with Gasteiger partial charge in [-0.1, -0.05) is 22.9 Å². The summed E-state index contributed by atoms with van der Waals surface area (Å²) >= 11 is 4.52. The highest BCUT2D eigenvalue weighted by Crippen LogP contribution is 2.34. The van der Waals surface area contributed by atoms with Gasteiger partial charge in [-0.2, -0.15) is 13.2 Å². The molecule has 0 spiro atoms. The average molecular weight is 299 g/mol. The Hall–Kier alpha value is -0.160. The molecular formula is C10H10BrF3S. The Morgan fingerprint density at radius 3 is 2.47 bits per heavy atom. The Morgan fingerprint density at radius 1 is 1.27 bits per heavy atom. The van der Waals surface area contributed by atoms with Crippen LogP contribution in [0.25, 0.3) is 0 Å². The van der Waals surface area contributed by atoms with Gasteiger partial charge in [0.1, 0.15) is 0 Å². The highest BCUT2D eigenvalue weighted by atomic mass is 79.9. The third kappa shape index (κ3) is 4.07. The van der Waals surface area contributed by atoms with Gasteiger partial charge in [0, 0.05) is 9.37 Å². The molecule has 0 saturated heterocycles. The van der Waals surface area contributed by atoms with Crippen LogP contribution in [0.3, 0.4) is 0 Å². The van der Waals surface area contributed by atoms with Crippen LogP contribution in [0.5, 0.6) is 0 Å². The standard InChI is InChI=1S/C10H10BrF3S/c1-2-3-15-9-5-7(10(12,13)14)4-8(11)6-9/h4-6H,2-3H2,1H3. The molecule has 0 N–H and O–H groups in total. The van der Waals surface area contributed by atoms with Crippen LogP contribution in [0.4, 0.5) is 13.2 Å². The topological polar surface area (TPSA) is 0 Å². The molecule has 5 heteroatoms. The van der Waals surface area contributed by atoms with Crippen LogP contribution in [-0.4, -0.2) is 5.75 Å². The van der Waals surface area contributed by atoms with E-state index in [2.05, 4.69) is 15.9 Å². The van der Waals surface area contributed by atoms with Crippen LogP contribution in [0.15, 0.2) is 27.6 Å². The molecule has 0 nitrogen and oxygen atoms in total. The van der Waals surface area contributed by atoms with Crippen molar-refractivity contribution < 1.29 is 13.2 Å². The lowest BCUT2D eigenvalue weighted by Gasteiger charge is -2.09. The van der Waals surface area contributed by atoms with E-state index < -0.39 is 11.7 Å². The molecule has 0 amide bonds. The molecule has 0 unspecified atom stereocenters. The van der Waals surface area contributed by atoms with Crippen LogP contribution in [0.1, 0.15) is 18.9 Å². The van der Waals surface area contributed by atoms with Crippen molar-refractivity contribution in [3.8, 4) is 0 Å². The normalized spacial score (nSPS) is 11.8. The van der Waals surface area contributed by atoms with E-state index >= 15 is 0 Å². The van der Waals surface area contributed by atoms with Gasteiger partial charge in [0.2, 0.25) is 0 Å². The first-order valence-electron chi connectivity index (χ1n) is 4.44. The first-order valence-corrected chi connectivity index (χ1v) is 6.22. The number of benzene rings is 1. The second-order valence-electron chi connectivity index (χ2n) is 3.02. The second-order valence-corrected chi connectivity index (χ2v) is 5.11. The third-order valence-electron chi connectivity index (χ3n) is 1.67. The molecule has 1 aromatic rings. The van der Waals surface area contributed by atoms with E-state index in [1.807, 2.05) is 6.92 Å². The molecular weight excluding hydrogens is 289 g/mol. The predicted octanol–water partition coefficient (Wildman–Crippen LogP) is 4.97. The molecule has 0 aromatic heterocycles. The van der Waals surface area contributed by atoms with Crippen LogP contribution in [0, 0.1) is 0 Å². The third-order valence-corrected chi connectivity index (χ3v) is 3.31. The maximum Gasteiger partial charge on any atom is 0.416 e. The lowest BCUT2D eigenvalue weighted by atomic mass is 10.2. The van der Waals surface area contributed by atoms with Gasteiger partial charge in [-0.05, 0) is 30.4 Å². The first-order chi connectivity index (χ1) is 6.93. The van der Waals surface area contributed by atoms with Gasteiger partial charge in [0.15, 0.2) is 0 Å². The number of rotatable bonds is 3. The fourth-order valence-corrected chi connectivity index (χ4v) is 2.53. The van der Waals surface area contributed by atoms with Crippen molar-refractivity contribution in [2.24, 2.45) is 0 Å². The van der Waals surface area contributed by atoms with E-state index in [1.165, 1.54) is 17.8 Å². The summed E-state index contributed by atoms with van der Waals surface area (Å²) in [5.74, 6) is 0.827. The minimum Gasteiger partial charge on any atom is -0.166 e. The lowest BCUT2D eigenvalue weighted by Crippen LogP contribution is -2.04. The highest BCUT2D eigenvalue weighted by Gasteiger charge is 2.30. The average Bonchev–Trinajstić information content (AvgIpc) is 2.12. The molecule has 0 aliphatic carbocycles. The van der Waals surface area contributed by atoms with Gasteiger partial charge in [-0.3, -0.25) is 0 Å². The number of hydrogen-bond donors (Lipinski definition) is 0. The van der Waals surface area contributed by atoms with Gasteiger partial charge in [0.05, 0.1) is 5.56 Å². The van der Waals surface area contributed by atoms with E-state index in [1.54, 1.807) is 6.07 Å². The highest BCUT2D eigenvalue weighted by molar-refractivity contribution is 9.10. The Morgan fingerprint density at radius 2 is 1.93 bits per heavy atom. The van der Waals surface area contributed by atoms with Gasteiger partial charge in [0.25, 0.3) is 0 Å². The van der Waals surface area contributed by atoms with Crippen molar-refractivity contribution in [3.05, 3.63) is 28.2 Å². The zero-order chi connectivity index (χ0) is 11.5. The summed E-state index contributed by atoms with van der Waals surface area (Å²) < 4.78 is 37.8. The summed E-state index contributed by atoms with van der Waals surface area (Å²) in [6.45, 7) is 2.00. The van der Waals surface area contributed by atoms with E-state index in [-0.39, 0.29) is 0 Å². The monoisotopic (exact) mass is 298 g/mol. The SMILES string of the molecule is CCCSc1cc(Br)cc(C(F)(F)F)c1. The summed E-state index contributed by atoms with van der Waals surface area (Å²) in [5.41, 5.74) is -0.601. The molecule has 0 atom stereocenters. The number of thioether (sulfide) groups is 1. The van der Waals surface area contributed by atoms with Crippen LogP contribution in [0.2, 0.25) is 0 Å².